The molecule has 0 saturated carbocycles. The lowest BCUT2D eigenvalue weighted by Gasteiger charge is -2.21. The van der Waals surface area contributed by atoms with E-state index in [1.807, 2.05) is 42.1 Å². The third-order valence-corrected chi connectivity index (χ3v) is 4.63. The number of nitrogens with one attached hydrogen (secondary N) is 1. The van der Waals surface area contributed by atoms with Gasteiger partial charge in [0.15, 0.2) is 5.82 Å². The van der Waals surface area contributed by atoms with Crippen molar-refractivity contribution < 1.29 is 4.74 Å². The molecule has 1 atom stereocenters. The first-order valence-corrected chi connectivity index (χ1v) is 8.54. The molecule has 0 aliphatic carbocycles. The van der Waals surface area contributed by atoms with Gasteiger partial charge in [0.1, 0.15) is 17.3 Å². The van der Waals surface area contributed by atoms with Crippen LogP contribution in [0.1, 0.15) is 36.1 Å². The molecular formula is C18H22N6O. The Labute approximate surface area is 146 Å². The van der Waals surface area contributed by atoms with Gasteiger partial charge in [0.2, 0.25) is 0 Å². The summed E-state index contributed by atoms with van der Waals surface area (Å²) in [6, 6.07) is 8.17. The summed E-state index contributed by atoms with van der Waals surface area (Å²) in [7, 11) is 1.68. The monoisotopic (exact) mass is 338 g/mol. The number of methoxy groups -OCH3 is 1. The minimum atomic E-state index is 0.277. The highest BCUT2D eigenvalue weighted by Crippen LogP contribution is 2.31. The number of hydrogen-bond donors (Lipinski definition) is 1. The van der Waals surface area contributed by atoms with E-state index in [4.69, 9.17) is 4.74 Å². The number of aromatic nitrogens is 5. The predicted octanol–water partition coefficient (Wildman–Crippen LogP) is 2.64. The van der Waals surface area contributed by atoms with E-state index in [2.05, 4.69) is 31.4 Å². The van der Waals surface area contributed by atoms with Crippen LogP contribution >= 0.6 is 0 Å². The molecule has 7 nitrogen and oxygen atoms in total. The fourth-order valence-corrected chi connectivity index (χ4v) is 3.44. The maximum Gasteiger partial charge on any atom is 0.167 e. The van der Waals surface area contributed by atoms with E-state index in [0.717, 1.165) is 42.6 Å². The average molecular weight is 338 g/mol. The van der Waals surface area contributed by atoms with Crippen LogP contribution in [0.2, 0.25) is 0 Å². The second-order valence-corrected chi connectivity index (χ2v) is 6.37. The quantitative estimate of drug-likeness (QED) is 0.774. The molecule has 3 aromatic rings. The number of hydrogen-bond acceptors (Lipinski definition) is 5. The summed E-state index contributed by atoms with van der Waals surface area (Å²) in [6.07, 6.45) is 6.25. The standard InChI is InChI=1S/C18H22N6O/c1-13-20-18(22-21-13)16-7-5-9-23(16)11-14-10-19-24(12-14)15-6-3-4-8-17(15)25-2/h3-4,6,8,10,12,16H,5,7,9,11H2,1-2H3,(H,20,21,22)/t16-/m0/s1. The third kappa shape index (κ3) is 3.15. The lowest BCUT2D eigenvalue weighted by Crippen LogP contribution is -2.23. The molecule has 0 radical (unpaired) electrons. The summed E-state index contributed by atoms with van der Waals surface area (Å²) in [4.78, 5) is 6.94. The Balaban J connectivity index is 1.53. The molecule has 1 aromatic carbocycles. The summed E-state index contributed by atoms with van der Waals surface area (Å²) in [5.41, 5.74) is 2.11. The molecule has 0 spiro atoms. The van der Waals surface area contributed by atoms with Gasteiger partial charge in [-0.2, -0.15) is 10.2 Å². The second-order valence-electron chi connectivity index (χ2n) is 6.37. The van der Waals surface area contributed by atoms with Crippen LogP contribution in [0, 0.1) is 6.92 Å². The van der Waals surface area contributed by atoms with Crippen LogP contribution < -0.4 is 4.74 Å². The Morgan fingerprint density at radius 2 is 2.20 bits per heavy atom. The van der Waals surface area contributed by atoms with Crippen molar-refractivity contribution in [1.29, 1.82) is 0 Å². The number of rotatable bonds is 5. The number of aryl methyl sites for hydroxylation is 1. The average Bonchev–Trinajstić information content (AvgIpc) is 3.36. The highest BCUT2D eigenvalue weighted by atomic mass is 16.5. The Morgan fingerprint density at radius 3 is 3.00 bits per heavy atom. The van der Waals surface area contributed by atoms with Crippen LogP contribution in [0.4, 0.5) is 0 Å². The van der Waals surface area contributed by atoms with E-state index < -0.39 is 0 Å². The van der Waals surface area contributed by atoms with Gasteiger partial charge in [-0.05, 0) is 38.4 Å². The van der Waals surface area contributed by atoms with Crippen LogP contribution in [0.25, 0.3) is 5.69 Å². The van der Waals surface area contributed by atoms with E-state index >= 15 is 0 Å². The predicted molar refractivity (Wildman–Crippen MR) is 93.6 cm³/mol. The van der Waals surface area contributed by atoms with Gasteiger partial charge in [0, 0.05) is 18.3 Å². The van der Waals surface area contributed by atoms with Gasteiger partial charge in [0.05, 0.1) is 19.3 Å². The zero-order valence-corrected chi connectivity index (χ0v) is 14.5. The molecule has 1 fully saturated rings. The molecule has 1 N–H and O–H groups in total. The molecule has 2 aromatic heterocycles. The summed E-state index contributed by atoms with van der Waals surface area (Å²) < 4.78 is 7.30. The van der Waals surface area contributed by atoms with Crippen LogP contribution in [-0.4, -0.2) is 43.5 Å². The Kier molecular flexibility index (Phi) is 4.23. The molecule has 0 amide bonds. The fourth-order valence-electron chi connectivity index (χ4n) is 3.44. The number of benzene rings is 1. The van der Waals surface area contributed by atoms with Crippen molar-refractivity contribution in [3.05, 3.63) is 53.9 Å². The molecule has 0 bridgehead atoms. The molecule has 3 heterocycles. The normalized spacial score (nSPS) is 17.9. The van der Waals surface area contributed by atoms with E-state index in [1.54, 1.807) is 7.11 Å². The Bertz CT molecular complexity index is 855. The van der Waals surface area contributed by atoms with Crippen molar-refractivity contribution >= 4 is 0 Å². The highest BCUT2D eigenvalue weighted by Gasteiger charge is 2.29. The van der Waals surface area contributed by atoms with Gasteiger partial charge in [0.25, 0.3) is 0 Å². The minimum Gasteiger partial charge on any atom is -0.494 e. The van der Waals surface area contributed by atoms with Gasteiger partial charge in [-0.1, -0.05) is 12.1 Å². The molecule has 25 heavy (non-hydrogen) atoms. The molecule has 4 rings (SSSR count). The molecule has 1 aliphatic rings. The summed E-state index contributed by atoms with van der Waals surface area (Å²) in [5, 5.41) is 11.8. The summed E-state index contributed by atoms with van der Waals surface area (Å²) in [5.74, 6) is 2.57. The number of nitrogens with zero attached hydrogens (tertiary/aromatic N) is 5. The van der Waals surface area contributed by atoms with Crippen molar-refractivity contribution in [3.8, 4) is 11.4 Å². The number of para-hydroxylation sites is 2. The maximum atomic E-state index is 5.43. The van der Waals surface area contributed by atoms with E-state index in [-0.39, 0.29) is 6.04 Å². The van der Waals surface area contributed by atoms with Crippen molar-refractivity contribution in [2.24, 2.45) is 0 Å². The van der Waals surface area contributed by atoms with Gasteiger partial charge < -0.3 is 4.74 Å². The van der Waals surface area contributed by atoms with Crippen LogP contribution in [0.3, 0.4) is 0 Å². The topological polar surface area (TPSA) is 71.9 Å². The Morgan fingerprint density at radius 1 is 1.32 bits per heavy atom. The number of H-pyrrole nitrogens is 1. The third-order valence-electron chi connectivity index (χ3n) is 4.63. The lowest BCUT2D eigenvalue weighted by molar-refractivity contribution is 0.240. The SMILES string of the molecule is COc1ccccc1-n1cc(CN2CCC[C@H]2c2n[nH]c(C)n2)cn1. The maximum absolute atomic E-state index is 5.43. The van der Waals surface area contributed by atoms with E-state index in [1.165, 1.54) is 12.0 Å². The first-order valence-electron chi connectivity index (χ1n) is 8.54. The van der Waals surface area contributed by atoms with Gasteiger partial charge in [-0.3, -0.25) is 10.00 Å². The van der Waals surface area contributed by atoms with Crippen molar-refractivity contribution in [2.45, 2.75) is 32.4 Å². The number of ether oxygens (including phenoxy) is 1. The van der Waals surface area contributed by atoms with Crippen molar-refractivity contribution in [2.75, 3.05) is 13.7 Å². The second kappa shape index (κ2) is 6.68. The largest absolute Gasteiger partial charge is 0.494 e. The Hall–Kier alpha value is -2.67. The van der Waals surface area contributed by atoms with Gasteiger partial charge in [-0.25, -0.2) is 9.67 Å². The zero-order valence-electron chi connectivity index (χ0n) is 14.5. The van der Waals surface area contributed by atoms with Gasteiger partial charge in [-0.15, -0.1) is 0 Å². The molecule has 0 unspecified atom stereocenters. The zero-order chi connectivity index (χ0) is 17.2. The molecular weight excluding hydrogens is 316 g/mol. The lowest BCUT2D eigenvalue weighted by atomic mass is 10.2. The molecule has 1 saturated heterocycles. The fraction of sp³-hybridized carbons (Fsp3) is 0.389. The number of aromatic amines is 1. The summed E-state index contributed by atoms with van der Waals surface area (Å²) >= 11 is 0. The molecule has 7 heteroatoms. The smallest absolute Gasteiger partial charge is 0.167 e. The van der Waals surface area contributed by atoms with Gasteiger partial charge >= 0.3 is 0 Å². The van der Waals surface area contributed by atoms with Crippen molar-refractivity contribution in [1.82, 2.24) is 29.9 Å². The molecule has 130 valence electrons. The van der Waals surface area contributed by atoms with Crippen molar-refractivity contribution in [3.63, 3.8) is 0 Å². The van der Waals surface area contributed by atoms with Crippen LogP contribution in [-0.2, 0) is 6.54 Å². The van der Waals surface area contributed by atoms with E-state index in [9.17, 15) is 0 Å². The minimum absolute atomic E-state index is 0.277. The highest BCUT2D eigenvalue weighted by molar-refractivity contribution is 5.46. The first-order chi connectivity index (χ1) is 12.2. The van der Waals surface area contributed by atoms with Crippen LogP contribution in [0.5, 0.6) is 5.75 Å². The van der Waals surface area contributed by atoms with E-state index in [0.29, 0.717) is 0 Å². The molecule has 1 aliphatic heterocycles. The first kappa shape index (κ1) is 15.8. The van der Waals surface area contributed by atoms with Crippen LogP contribution in [0.15, 0.2) is 36.7 Å². The summed E-state index contributed by atoms with van der Waals surface area (Å²) in [6.45, 7) is 3.83. The number of likely N-dealkylation sites (tertiary alicyclic amines) is 1.